The summed E-state index contributed by atoms with van der Waals surface area (Å²) in [5, 5.41) is 3.27. The molecule has 3 N–H and O–H groups in total. The second-order valence-electron chi connectivity index (χ2n) is 5.98. The summed E-state index contributed by atoms with van der Waals surface area (Å²) in [7, 11) is 0. The first-order chi connectivity index (χ1) is 12.0. The van der Waals surface area contributed by atoms with E-state index < -0.39 is 0 Å². The van der Waals surface area contributed by atoms with Gasteiger partial charge in [-0.3, -0.25) is 0 Å². The quantitative estimate of drug-likeness (QED) is 0.703. The van der Waals surface area contributed by atoms with Crippen molar-refractivity contribution in [1.29, 1.82) is 0 Å². The van der Waals surface area contributed by atoms with E-state index in [0.717, 1.165) is 12.1 Å². The fourth-order valence-corrected chi connectivity index (χ4v) is 2.56. The zero-order valence-corrected chi connectivity index (χ0v) is 14.7. The summed E-state index contributed by atoms with van der Waals surface area (Å²) in [5.41, 5.74) is 10.5. The maximum atomic E-state index is 5.83. The Balaban J connectivity index is 1.82. The maximum absolute atomic E-state index is 5.83. The first-order valence-electron chi connectivity index (χ1n) is 8.29. The van der Waals surface area contributed by atoms with Crippen molar-refractivity contribution in [3.05, 3.63) is 65.2 Å². The highest BCUT2D eigenvalue weighted by atomic mass is 16.5. The lowest BCUT2D eigenvalue weighted by molar-refractivity contribution is 0.463. The number of nitrogens with one attached hydrogen (secondary N) is 1. The highest BCUT2D eigenvalue weighted by Gasteiger charge is 2.06. The van der Waals surface area contributed by atoms with Gasteiger partial charge in [-0.2, -0.15) is 9.97 Å². The highest BCUT2D eigenvalue weighted by molar-refractivity contribution is 5.60. The summed E-state index contributed by atoms with van der Waals surface area (Å²) in [4.78, 5) is 8.38. The largest absolute Gasteiger partial charge is 0.439 e. The van der Waals surface area contributed by atoms with Gasteiger partial charge < -0.3 is 15.8 Å². The molecule has 128 valence electrons. The fraction of sp³-hybridized carbons (Fsp3) is 0.200. The highest BCUT2D eigenvalue weighted by Crippen LogP contribution is 2.25. The van der Waals surface area contributed by atoms with Gasteiger partial charge in [0.1, 0.15) is 11.6 Å². The molecule has 0 fully saturated rings. The number of aryl methyl sites for hydroxylation is 3. The number of aromatic nitrogens is 2. The van der Waals surface area contributed by atoms with E-state index in [1.165, 1.54) is 16.7 Å². The van der Waals surface area contributed by atoms with Crippen LogP contribution in [0, 0.1) is 13.8 Å². The fourth-order valence-electron chi connectivity index (χ4n) is 2.56. The number of anilines is 3. The van der Waals surface area contributed by atoms with Crippen molar-refractivity contribution in [2.45, 2.75) is 27.2 Å². The summed E-state index contributed by atoms with van der Waals surface area (Å²) in [6, 6.07) is 15.7. The number of hydrogen-bond acceptors (Lipinski definition) is 5. The van der Waals surface area contributed by atoms with Gasteiger partial charge in [0.2, 0.25) is 11.8 Å². The Bertz CT molecular complexity index is 875. The molecule has 0 spiro atoms. The van der Waals surface area contributed by atoms with Crippen molar-refractivity contribution in [3.8, 4) is 11.6 Å². The molecule has 0 aliphatic carbocycles. The van der Waals surface area contributed by atoms with Gasteiger partial charge >= 0.3 is 0 Å². The van der Waals surface area contributed by atoms with Crippen LogP contribution < -0.4 is 15.8 Å². The topological polar surface area (TPSA) is 73.1 Å². The summed E-state index contributed by atoms with van der Waals surface area (Å²) in [6.07, 6.45) is 0.981. The Labute approximate surface area is 147 Å². The van der Waals surface area contributed by atoms with Gasteiger partial charge in [0.05, 0.1) is 0 Å². The summed E-state index contributed by atoms with van der Waals surface area (Å²) in [5.74, 6) is 1.87. The van der Waals surface area contributed by atoms with E-state index in [0.29, 0.717) is 17.4 Å². The molecule has 0 unspecified atom stereocenters. The van der Waals surface area contributed by atoms with Crippen molar-refractivity contribution >= 4 is 17.5 Å². The third-order valence-corrected chi connectivity index (χ3v) is 3.97. The van der Waals surface area contributed by atoms with Crippen LogP contribution >= 0.6 is 0 Å². The molecule has 0 bridgehead atoms. The normalized spacial score (nSPS) is 10.5. The van der Waals surface area contributed by atoms with E-state index in [1.54, 1.807) is 6.07 Å². The molecule has 1 heterocycles. The number of benzene rings is 2. The predicted molar refractivity (Wildman–Crippen MR) is 102 cm³/mol. The molecule has 5 heteroatoms. The lowest BCUT2D eigenvalue weighted by atomic mass is 10.1. The molecule has 0 radical (unpaired) electrons. The Morgan fingerprint density at radius 3 is 2.48 bits per heavy atom. The summed E-state index contributed by atoms with van der Waals surface area (Å²) in [6.45, 7) is 6.28. The first-order valence-corrected chi connectivity index (χ1v) is 8.29. The second kappa shape index (κ2) is 7.21. The van der Waals surface area contributed by atoms with Crippen molar-refractivity contribution in [2.24, 2.45) is 0 Å². The molecule has 0 atom stereocenters. The third-order valence-electron chi connectivity index (χ3n) is 3.97. The average molecular weight is 334 g/mol. The van der Waals surface area contributed by atoms with Gasteiger partial charge in [-0.05, 0) is 55.7 Å². The molecule has 3 aromatic rings. The van der Waals surface area contributed by atoms with Gasteiger partial charge in [-0.25, -0.2) is 0 Å². The third kappa shape index (κ3) is 4.26. The zero-order valence-electron chi connectivity index (χ0n) is 14.7. The minimum atomic E-state index is 0.162. The number of nitrogens with zero attached hydrogens (tertiary/aromatic N) is 2. The number of nitrogens with two attached hydrogens (primary N) is 1. The van der Waals surface area contributed by atoms with Crippen LogP contribution in [0.15, 0.2) is 48.5 Å². The van der Waals surface area contributed by atoms with Crippen LogP contribution in [-0.2, 0) is 6.42 Å². The smallest absolute Gasteiger partial charge is 0.226 e. The van der Waals surface area contributed by atoms with Gasteiger partial charge in [0, 0.05) is 11.8 Å². The van der Waals surface area contributed by atoms with E-state index in [2.05, 4.69) is 41.3 Å². The monoisotopic (exact) mass is 334 g/mol. The van der Waals surface area contributed by atoms with E-state index in [1.807, 2.05) is 37.3 Å². The number of hydrogen-bond donors (Lipinski definition) is 2. The van der Waals surface area contributed by atoms with E-state index in [-0.39, 0.29) is 5.95 Å². The maximum Gasteiger partial charge on any atom is 0.226 e. The lowest BCUT2D eigenvalue weighted by Crippen LogP contribution is -2.02. The van der Waals surface area contributed by atoms with Crippen LogP contribution in [0.3, 0.4) is 0 Å². The molecular weight excluding hydrogens is 312 g/mol. The zero-order chi connectivity index (χ0) is 17.8. The predicted octanol–water partition coefficient (Wildman–Crippen LogP) is 4.77. The van der Waals surface area contributed by atoms with Gasteiger partial charge in [-0.15, -0.1) is 0 Å². The Hall–Kier alpha value is -3.08. The van der Waals surface area contributed by atoms with Crippen LogP contribution in [0.25, 0.3) is 0 Å². The van der Waals surface area contributed by atoms with Gasteiger partial charge in [-0.1, -0.05) is 30.7 Å². The SMILES string of the molecule is CCc1cc(Nc2cc(Oc3ccc(C)cc3)nc(N)n2)ccc1C. The molecule has 3 rings (SSSR count). The van der Waals surface area contributed by atoms with Gasteiger partial charge in [0.25, 0.3) is 0 Å². The van der Waals surface area contributed by atoms with Crippen molar-refractivity contribution in [2.75, 3.05) is 11.1 Å². The number of ether oxygens (including phenoxy) is 1. The molecule has 5 nitrogen and oxygen atoms in total. The first kappa shape index (κ1) is 16.8. The van der Waals surface area contributed by atoms with Crippen molar-refractivity contribution in [3.63, 3.8) is 0 Å². The van der Waals surface area contributed by atoms with Crippen LogP contribution in [-0.4, -0.2) is 9.97 Å². The van der Waals surface area contributed by atoms with Crippen molar-refractivity contribution < 1.29 is 4.74 Å². The summed E-state index contributed by atoms with van der Waals surface area (Å²) >= 11 is 0. The minimum absolute atomic E-state index is 0.162. The molecule has 0 saturated heterocycles. The van der Waals surface area contributed by atoms with Gasteiger partial charge in [0.15, 0.2) is 0 Å². The molecule has 0 saturated carbocycles. The molecule has 0 amide bonds. The van der Waals surface area contributed by atoms with Crippen LogP contribution in [0.5, 0.6) is 11.6 Å². The molecule has 0 aliphatic rings. The second-order valence-corrected chi connectivity index (χ2v) is 5.98. The molecular formula is C20H22N4O. The van der Waals surface area contributed by atoms with Crippen molar-refractivity contribution in [1.82, 2.24) is 9.97 Å². The number of nitrogen functional groups attached to an aromatic ring is 1. The summed E-state index contributed by atoms with van der Waals surface area (Å²) < 4.78 is 5.79. The minimum Gasteiger partial charge on any atom is -0.439 e. The van der Waals surface area contributed by atoms with E-state index >= 15 is 0 Å². The molecule has 2 aromatic carbocycles. The van der Waals surface area contributed by atoms with Crippen LogP contribution in [0.1, 0.15) is 23.6 Å². The molecule has 1 aromatic heterocycles. The molecule has 0 aliphatic heterocycles. The number of rotatable bonds is 5. The molecule has 25 heavy (non-hydrogen) atoms. The Morgan fingerprint density at radius 2 is 1.76 bits per heavy atom. The van der Waals surface area contributed by atoms with Crippen LogP contribution in [0.4, 0.5) is 17.5 Å². The Kier molecular flexibility index (Phi) is 4.84. The lowest BCUT2D eigenvalue weighted by Gasteiger charge is -2.11. The van der Waals surface area contributed by atoms with E-state index in [9.17, 15) is 0 Å². The van der Waals surface area contributed by atoms with Crippen LogP contribution in [0.2, 0.25) is 0 Å². The standard InChI is InChI=1S/C20H22N4O/c1-4-15-11-16(8-7-14(15)3)22-18-12-19(24-20(21)23-18)25-17-9-5-13(2)6-10-17/h5-12H,4H2,1-3H3,(H3,21,22,23,24). The van der Waals surface area contributed by atoms with E-state index in [4.69, 9.17) is 10.5 Å². The Morgan fingerprint density at radius 1 is 1.00 bits per heavy atom. The average Bonchev–Trinajstić information content (AvgIpc) is 2.58.